The number of carbonyl (C=O) groups is 1. The van der Waals surface area contributed by atoms with E-state index < -0.39 is 0 Å². The first-order valence-electron chi connectivity index (χ1n) is 7.18. The van der Waals surface area contributed by atoms with E-state index in [0.717, 1.165) is 31.8 Å². The van der Waals surface area contributed by atoms with Gasteiger partial charge in [-0.1, -0.05) is 11.6 Å². The van der Waals surface area contributed by atoms with E-state index in [0.29, 0.717) is 16.9 Å². The number of piperidine rings is 1. The minimum Gasteiger partial charge on any atom is -0.317 e. The standard InChI is InChI=1S/C14H17ClN6O/c1-21-14(18-12(20-21)9-2-5-16-6-3-9)19-13(22)11-8-10(15)4-7-17-11/h4,7-9,16H,2-3,5-6H2,1H3,(H,18,19,20,22). The number of amides is 1. The summed E-state index contributed by atoms with van der Waals surface area (Å²) in [7, 11) is 1.76. The monoisotopic (exact) mass is 320 g/mol. The third-order valence-electron chi connectivity index (χ3n) is 3.66. The Labute approximate surface area is 133 Å². The number of nitrogens with zero attached hydrogens (tertiary/aromatic N) is 4. The van der Waals surface area contributed by atoms with Crippen LogP contribution >= 0.6 is 11.6 Å². The lowest BCUT2D eigenvalue weighted by molar-refractivity contribution is 0.102. The fourth-order valence-electron chi connectivity index (χ4n) is 2.46. The molecule has 1 amide bonds. The smallest absolute Gasteiger partial charge is 0.276 e. The highest BCUT2D eigenvalue weighted by atomic mass is 35.5. The van der Waals surface area contributed by atoms with Crippen LogP contribution in [0.5, 0.6) is 0 Å². The van der Waals surface area contributed by atoms with Gasteiger partial charge in [0.1, 0.15) is 5.69 Å². The van der Waals surface area contributed by atoms with Gasteiger partial charge in [0.05, 0.1) is 0 Å². The first-order valence-corrected chi connectivity index (χ1v) is 7.56. The summed E-state index contributed by atoms with van der Waals surface area (Å²) in [5.74, 6) is 1.18. The van der Waals surface area contributed by atoms with Crippen molar-refractivity contribution < 1.29 is 4.79 Å². The van der Waals surface area contributed by atoms with Gasteiger partial charge in [-0.05, 0) is 38.1 Å². The van der Waals surface area contributed by atoms with E-state index >= 15 is 0 Å². The molecule has 116 valence electrons. The van der Waals surface area contributed by atoms with E-state index in [2.05, 4.69) is 25.7 Å². The molecule has 2 aromatic heterocycles. The Bertz CT molecular complexity index is 680. The molecule has 1 saturated heterocycles. The van der Waals surface area contributed by atoms with Crippen molar-refractivity contribution in [1.29, 1.82) is 0 Å². The molecule has 2 aromatic rings. The van der Waals surface area contributed by atoms with Gasteiger partial charge in [0, 0.05) is 24.2 Å². The van der Waals surface area contributed by atoms with Crippen molar-refractivity contribution in [3.05, 3.63) is 34.9 Å². The van der Waals surface area contributed by atoms with E-state index in [9.17, 15) is 4.79 Å². The van der Waals surface area contributed by atoms with Gasteiger partial charge in [0.15, 0.2) is 5.82 Å². The maximum Gasteiger partial charge on any atom is 0.276 e. The Morgan fingerprint density at radius 1 is 1.45 bits per heavy atom. The SMILES string of the molecule is Cn1nc(C2CCNCC2)nc1NC(=O)c1cc(Cl)ccn1. The van der Waals surface area contributed by atoms with E-state index in [1.807, 2.05) is 0 Å². The number of aromatic nitrogens is 4. The number of nitrogens with one attached hydrogen (secondary N) is 2. The number of aryl methyl sites for hydroxylation is 1. The Kier molecular flexibility index (Phi) is 4.35. The molecule has 7 nitrogen and oxygen atoms in total. The van der Waals surface area contributed by atoms with Gasteiger partial charge in [-0.25, -0.2) is 4.68 Å². The van der Waals surface area contributed by atoms with Crippen LogP contribution in [-0.4, -0.2) is 38.7 Å². The first kappa shape index (κ1) is 14.9. The summed E-state index contributed by atoms with van der Waals surface area (Å²) in [5.41, 5.74) is 0.249. The first-order chi connectivity index (χ1) is 10.6. The summed E-state index contributed by atoms with van der Waals surface area (Å²) in [6, 6.07) is 3.14. The molecule has 3 rings (SSSR count). The number of rotatable bonds is 3. The molecule has 22 heavy (non-hydrogen) atoms. The molecule has 0 unspecified atom stereocenters. The molecule has 0 spiro atoms. The molecular formula is C14H17ClN6O. The van der Waals surface area contributed by atoms with Crippen LogP contribution in [-0.2, 0) is 7.05 Å². The average molecular weight is 321 g/mol. The second kappa shape index (κ2) is 6.41. The van der Waals surface area contributed by atoms with Crippen LogP contribution in [0.4, 0.5) is 5.95 Å². The van der Waals surface area contributed by atoms with Crippen LogP contribution < -0.4 is 10.6 Å². The van der Waals surface area contributed by atoms with Gasteiger partial charge in [-0.3, -0.25) is 15.1 Å². The number of hydrogen-bond donors (Lipinski definition) is 2. The molecule has 8 heteroatoms. The molecule has 0 radical (unpaired) electrons. The molecular weight excluding hydrogens is 304 g/mol. The number of pyridine rings is 1. The number of carbonyl (C=O) groups excluding carboxylic acids is 1. The van der Waals surface area contributed by atoms with Gasteiger partial charge < -0.3 is 5.32 Å². The highest BCUT2D eigenvalue weighted by Gasteiger charge is 2.21. The van der Waals surface area contributed by atoms with Crippen LogP contribution in [0.2, 0.25) is 5.02 Å². The van der Waals surface area contributed by atoms with Crippen molar-refractivity contribution in [2.75, 3.05) is 18.4 Å². The lowest BCUT2D eigenvalue weighted by Gasteiger charge is -2.19. The maximum absolute atomic E-state index is 12.2. The van der Waals surface area contributed by atoms with Gasteiger partial charge >= 0.3 is 0 Å². The molecule has 0 aromatic carbocycles. The van der Waals surface area contributed by atoms with Crippen molar-refractivity contribution in [3.63, 3.8) is 0 Å². The van der Waals surface area contributed by atoms with E-state index in [1.54, 1.807) is 17.8 Å². The lowest BCUT2D eigenvalue weighted by atomic mass is 9.98. The van der Waals surface area contributed by atoms with Crippen LogP contribution in [0.25, 0.3) is 0 Å². The molecule has 1 fully saturated rings. The lowest BCUT2D eigenvalue weighted by Crippen LogP contribution is -2.27. The second-order valence-electron chi connectivity index (χ2n) is 5.25. The average Bonchev–Trinajstić information content (AvgIpc) is 2.89. The number of halogens is 1. The van der Waals surface area contributed by atoms with Crippen LogP contribution in [0.1, 0.15) is 35.1 Å². The Morgan fingerprint density at radius 3 is 2.95 bits per heavy atom. The maximum atomic E-state index is 12.2. The minimum absolute atomic E-state index is 0.249. The summed E-state index contributed by atoms with van der Waals surface area (Å²) < 4.78 is 1.58. The van der Waals surface area contributed by atoms with Crippen molar-refractivity contribution in [1.82, 2.24) is 25.1 Å². The fraction of sp³-hybridized carbons (Fsp3) is 0.429. The van der Waals surface area contributed by atoms with Crippen molar-refractivity contribution in [2.45, 2.75) is 18.8 Å². The molecule has 0 atom stereocenters. The van der Waals surface area contributed by atoms with Gasteiger partial charge in [0.25, 0.3) is 5.91 Å². The topological polar surface area (TPSA) is 84.7 Å². The molecule has 0 saturated carbocycles. The largest absolute Gasteiger partial charge is 0.317 e. The molecule has 0 aliphatic carbocycles. The summed E-state index contributed by atoms with van der Waals surface area (Å²) >= 11 is 5.87. The molecule has 0 bridgehead atoms. The van der Waals surface area contributed by atoms with Gasteiger partial charge in [-0.15, -0.1) is 0 Å². The molecule has 1 aliphatic rings. The fourth-order valence-corrected chi connectivity index (χ4v) is 2.62. The summed E-state index contributed by atoms with van der Waals surface area (Å²) in [6.07, 6.45) is 3.51. The molecule has 1 aliphatic heterocycles. The van der Waals surface area contributed by atoms with Gasteiger partial charge in [-0.2, -0.15) is 10.1 Å². The third kappa shape index (κ3) is 3.26. The zero-order chi connectivity index (χ0) is 15.5. The summed E-state index contributed by atoms with van der Waals surface area (Å²) in [6.45, 7) is 1.94. The Hall–Kier alpha value is -1.99. The van der Waals surface area contributed by atoms with Crippen LogP contribution in [0.15, 0.2) is 18.3 Å². The van der Waals surface area contributed by atoms with Crippen LogP contribution in [0.3, 0.4) is 0 Å². The normalized spacial score (nSPS) is 15.7. The highest BCUT2D eigenvalue weighted by Crippen LogP contribution is 2.23. The van der Waals surface area contributed by atoms with E-state index in [-0.39, 0.29) is 11.6 Å². The number of anilines is 1. The highest BCUT2D eigenvalue weighted by molar-refractivity contribution is 6.30. The quantitative estimate of drug-likeness (QED) is 0.897. The molecule has 2 N–H and O–H groups in total. The van der Waals surface area contributed by atoms with E-state index in [4.69, 9.17) is 11.6 Å². The predicted octanol–water partition coefficient (Wildman–Crippen LogP) is 1.58. The second-order valence-corrected chi connectivity index (χ2v) is 5.69. The van der Waals surface area contributed by atoms with Gasteiger partial charge in [0.2, 0.25) is 5.95 Å². The zero-order valence-corrected chi connectivity index (χ0v) is 13.0. The van der Waals surface area contributed by atoms with Crippen molar-refractivity contribution in [2.24, 2.45) is 7.05 Å². The minimum atomic E-state index is -0.352. The van der Waals surface area contributed by atoms with Crippen LogP contribution in [0, 0.1) is 0 Å². The zero-order valence-electron chi connectivity index (χ0n) is 12.2. The Balaban J connectivity index is 1.75. The molecule has 3 heterocycles. The number of hydrogen-bond acceptors (Lipinski definition) is 5. The van der Waals surface area contributed by atoms with Crippen molar-refractivity contribution >= 4 is 23.5 Å². The summed E-state index contributed by atoms with van der Waals surface area (Å²) in [5, 5.41) is 10.9. The van der Waals surface area contributed by atoms with E-state index in [1.165, 1.54) is 12.3 Å². The van der Waals surface area contributed by atoms with Crippen molar-refractivity contribution in [3.8, 4) is 0 Å². The summed E-state index contributed by atoms with van der Waals surface area (Å²) in [4.78, 5) is 20.6. The Morgan fingerprint density at radius 2 is 2.23 bits per heavy atom. The third-order valence-corrected chi connectivity index (χ3v) is 3.90. The predicted molar refractivity (Wildman–Crippen MR) is 83.0 cm³/mol.